The van der Waals surface area contributed by atoms with E-state index in [2.05, 4.69) is 0 Å². The van der Waals surface area contributed by atoms with Crippen molar-refractivity contribution < 1.29 is 27.5 Å². The van der Waals surface area contributed by atoms with Crippen LogP contribution in [0.3, 0.4) is 0 Å². The zero-order valence-corrected chi connectivity index (χ0v) is 9.85. The second kappa shape index (κ2) is 4.87. The highest BCUT2D eigenvalue weighted by Gasteiger charge is 2.34. The molecule has 5 nitrogen and oxygen atoms in total. The predicted molar refractivity (Wildman–Crippen MR) is 60.5 cm³/mol. The number of aromatic carboxylic acids is 1. The Morgan fingerprint density at radius 2 is 1.95 bits per heavy atom. The minimum absolute atomic E-state index is 0.0544. The van der Waals surface area contributed by atoms with Crippen molar-refractivity contribution in [3.05, 3.63) is 57.9 Å². The van der Waals surface area contributed by atoms with Crippen LogP contribution in [0.2, 0.25) is 0 Å². The summed E-state index contributed by atoms with van der Waals surface area (Å²) in [5.41, 5.74) is -1.98. The van der Waals surface area contributed by atoms with Gasteiger partial charge in [0.2, 0.25) is 5.76 Å². The number of aromatic nitrogens is 1. The normalized spacial score (nSPS) is 11.6. The van der Waals surface area contributed by atoms with Gasteiger partial charge in [0.25, 0.3) is 5.56 Å². The fourth-order valence-electron chi connectivity index (χ4n) is 1.66. The molecule has 0 aromatic carbocycles. The monoisotopic (exact) mass is 287 g/mol. The number of pyridine rings is 1. The first-order chi connectivity index (χ1) is 9.29. The van der Waals surface area contributed by atoms with Gasteiger partial charge in [0.1, 0.15) is 11.5 Å². The molecule has 1 N–H and O–H groups in total. The number of hydrogen-bond acceptors (Lipinski definition) is 3. The van der Waals surface area contributed by atoms with Crippen LogP contribution in [0.5, 0.6) is 0 Å². The van der Waals surface area contributed by atoms with E-state index in [1.807, 2.05) is 0 Å². The highest BCUT2D eigenvalue weighted by atomic mass is 19.4. The maximum Gasteiger partial charge on any atom is 0.431 e. The molecular formula is C12H8F3NO4. The number of furan rings is 1. The lowest BCUT2D eigenvalue weighted by atomic mass is 10.3. The lowest BCUT2D eigenvalue weighted by molar-refractivity contribution is -0.144. The van der Waals surface area contributed by atoms with E-state index in [9.17, 15) is 22.8 Å². The van der Waals surface area contributed by atoms with Crippen molar-refractivity contribution in [2.45, 2.75) is 12.7 Å². The number of alkyl halides is 3. The molecule has 0 aliphatic heterocycles. The first kappa shape index (κ1) is 13.9. The van der Waals surface area contributed by atoms with Crippen LogP contribution in [0.4, 0.5) is 13.2 Å². The van der Waals surface area contributed by atoms with E-state index in [1.54, 1.807) is 0 Å². The molecule has 2 aromatic heterocycles. The van der Waals surface area contributed by atoms with Crippen LogP contribution in [-0.2, 0) is 12.7 Å². The lowest BCUT2D eigenvalue weighted by Crippen LogP contribution is -2.27. The zero-order chi connectivity index (χ0) is 14.9. The van der Waals surface area contributed by atoms with Gasteiger partial charge in [0, 0.05) is 6.07 Å². The highest BCUT2D eigenvalue weighted by molar-refractivity contribution is 5.84. The van der Waals surface area contributed by atoms with Crippen molar-refractivity contribution in [1.82, 2.24) is 4.57 Å². The Morgan fingerprint density at radius 3 is 2.50 bits per heavy atom. The molecule has 0 fully saturated rings. The fraction of sp³-hybridized carbons (Fsp3) is 0.167. The summed E-state index contributed by atoms with van der Waals surface area (Å²) in [7, 11) is 0. The molecule has 0 spiro atoms. The van der Waals surface area contributed by atoms with Crippen LogP contribution in [0.15, 0.2) is 39.5 Å². The zero-order valence-electron chi connectivity index (χ0n) is 9.85. The first-order valence-corrected chi connectivity index (χ1v) is 5.38. The fourth-order valence-corrected chi connectivity index (χ4v) is 1.66. The van der Waals surface area contributed by atoms with Crippen LogP contribution in [0.25, 0.3) is 0 Å². The van der Waals surface area contributed by atoms with Crippen molar-refractivity contribution in [2.75, 3.05) is 0 Å². The number of halogens is 3. The average molecular weight is 287 g/mol. The minimum atomic E-state index is -4.69. The number of carboxylic acid groups (broad SMARTS) is 1. The predicted octanol–water partition coefficient (Wildman–Crippen LogP) is 2.21. The molecule has 0 atom stereocenters. The Labute approximate surface area is 109 Å². The van der Waals surface area contributed by atoms with Crippen LogP contribution >= 0.6 is 0 Å². The highest BCUT2D eigenvalue weighted by Crippen LogP contribution is 2.28. The van der Waals surface area contributed by atoms with E-state index in [-0.39, 0.29) is 5.76 Å². The standard InChI is InChI=1S/C12H8F3NO4/c13-12(14,15)9-2-1-3-10(17)16(9)6-7-4-5-8(20-7)11(18)19/h1-5H,6H2,(H,18,19). The first-order valence-electron chi connectivity index (χ1n) is 5.38. The summed E-state index contributed by atoms with van der Waals surface area (Å²) < 4.78 is 43.7. The van der Waals surface area contributed by atoms with Gasteiger partial charge in [0.15, 0.2) is 0 Å². The lowest BCUT2D eigenvalue weighted by Gasteiger charge is -2.13. The summed E-state index contributed by atoms with van der Waals surface area (Å²) in [4.78, 5) is 22.2. The van der Waals surface area contributed by atoms with Gasteiger partial charge in [-0.05, 0) is 18.2 Å². The third kappa shape index (κ3) is 2.73. The average Bonchev–Trinajstić information content (AvgIpc) is 2.79. The molecule has 2 rings (SSSR count). The summed E-state index contributed by atoms with van der Waals surface area (Å²) in [5.74, 6) is -1.80. The van der Waals surface area contributed by atoms with E-state index < -0.39 is 35.7 Å². The molecule has 0 radical (unpaired) electrons. The van der Waals surface area contributed by atoms with Crippen LogP contribution in [-0.4, -0.2) is 15.6 Å². The van der Waals surface area contributed by atoms with E-state index in [0.717, 1.165) is 24.3 Å². The van der Waals surface area contributed by atoms with Crippen molar-refractivity contribution >= 4 is 5.97 Å². The molecule has 0 saturated heterocycles. The van der Waals surface area contributed by atoms with Gasteiger partial charge < -0.3 is 9.52 Å². The van der Waals surface area contributed by atoms with Gasteiger partial charge in [-0.2, -0.15) is 13.2 Å². The molecule has 0 aliphatic rings. The second-order valence-corrected chi connectivity index (χ2v) is 3.90. The largest absolute Gasteiger partial charge is 0.475 e. The maximum atomic E-state index is 12.8. The van der Waals surface area contributed by atoms with E-state index in [0.29, 0.717) is 4.57 Å². The van der Waals surface area contributed by atoms with Crippen molar-refractivity contribution in [3.63, 3.8) is 0 Å². The summed E-state index contributed by atoms with van der Waals surface area (Å²) >= 11 is 0. The summed E-state index contributed by atoms with van der Waals surface area (Å²) in [6.45, 7) is -0.498. The SMILES string of the molecule is O=C(O)c1ccc(Cn2c(C(F)(F)F)cccc2=O)o1. The molecule has 0 saturated carbocycles. The Morgan fingerprint density at radius 1 is 1.25 bits per heavy atom. The molecule has 0 aliphatic carbocycles. The van der Waals surface area contributed by atoms with Crippen molar-refractivity contribution in [3.8, 4) is 0 Å². The van der Waals surface area contributed by atoms with E-state index >= 15 is 0 Å². The summed E-state index contributed by atoms with van der Waals surface area (Å²) in [5, 5.41) is 8.66. The number of hydrogen-bond donors (Lipinski definition) is 1. The number of nitrogens with zero attached hydrogens (tertiary/aromatic N) is 1. The molecule has 2 aromatic rings. The quantitative estimate of drug-likeness (QED) is 0.939. The molecule has 0 amide bonds. The van der Waals surface area contributed by atoms with E-state index in [1.165, 1.54) is 6.07 Å². The second-order valence-electron chi connectivity index (χ2n) is 3.90. The molecule has 8 heteroatoms. The maximum absolute atomic E-state index is 12.8. The van der Waals surface area contributed by atoms with Crippen LogP contribution < -0.4 is 5.56 Å². The van der Waals surface area contributed by atoms with Crippen LogP contribution in [0.1, 0.15) is 22.0 Å². The number of rotatable bonds is 3. The topological polar surface area (TPSA) is 72.4 Å². The number of carbonyl (C=O) groups is 1. The van der Waals surface area contributed by atoms with Gasteiger partial charge in [-0.25, -0.2) is 4.79 Å². The third-order valence-electron chi connectivity index (χ3n) is 2.53. The Bertz CT molecular complexity index is 699. The van der Waals surface area contributed by atoms with Gasteiger partial charge in [-0.3, -0.25) is 9.36 Å². The Balaban J connectivity index is 2.42. The van der Waals surface area contributed by atoms with Crippen molar-refractivity contribution in [2.24, 2.45) is 0 Å². The van der Waals surface area contributed by atoms with Gasteiger partial charge >= 0.3 is 12.1 Å². The number of carboxylic acids is 1. The summed E-state index contributed by atoms with van der Waals surface area (Å²) in [6.07, 6.45) is -4.69. The Kier molecular flexibility index (Phi) is 3.39. The molecule has 20 heavy (non-hydrogen) atoms. The van der Waals surface area contributed by atoms with Crippen molar-refractivity contribution in [1.29, 1.82) is 0 Å². The van der Waals surface area contributed by atoms with Gasteiger partial charge in [0.05, 0.1) is 6.54 Å². The van der Waals surface area contributed by atoms with Gasteiger partial charge in [-0.1, -0.05) is 6.07 Å². The smallest absolute Gasteiger partial charge is 0.431 e. The molecule has 2 heterocycles. The summed E-state index contributed by atoms with van der Waals surface area (Å²) in [6, 6.07) is 5.08. The van der Waals surface area contributed by atoms with Gasteiger partial charge in [-0.15, -0.1) is 0 Å². The Hall–Kier alpha value is -2.51. The molecular weight excluding hydrogens is 279 g/mol. The molecule has 0 unspecified atom stereocenters. The molecule has 0 bridgehead atoms. The third-order valence-corrected chi connectivity index (χ3v) is 2.53. The van der Waals surface area contributed by atoms with Crippen LogP contribution in [0, 0.1) is 0 Å². The minimum Gasteiger partial charge on any atom is -0.475 e. The van der Waals surface area contributed by atoms with E-state index in [4.69, 9.17) is 9.52 Å². The molecule has 106 valence electrons.